The Hall–Kier alpha value is -2.57. The molecular weight excluding hydrogens is 320 g/mol. The maximum absolute atomic E-state index is 12.7. The predicted molar refractivity (Wildman–Crippen MR) is 93.6 cm³/mol. The molecule has 0 unspecified atom stereocenters. The molecule has 1 aliphatic rings. The summed E-state index contributed by atoms with van der Waals surface area (Å²) >= 11 is 0. The van der Waals surface area contributed by atoms with Crippen molar-refractivity contribution in [1.29, 1.82) is 0 Å². The first-order valence-electron chi connectivity index (χ1n) is 8.95. The van der Waals surface area contributed by atoms with Crippen molar-refractivity contribution in [3.63, 3.8) is 0 Å². The Kier molecular flexibility index (Phi) is 4.07. The van der Waals surface area contributed by atoms with Crippen LogP contribution in [0.15, 0.2) is 27.6 Å². The molecule has 0 radical (unpaired) electrons. The van der Waals surface area contributed by atoms with Crippen LogP contribution in [0.4, 0.5) is 0 Å². The molecule has 3 aromatic rings. The van der Waals surface area contributed by atoms with E-state index in [1.54, 1.807) is 12.3 Å². The quantitative estimate of drug-likeness (QED) is 0.788. The molecule has 0 atom stereocenters. The summed E-state index contributed by atoms with van der Waals surface area (Å²) in [6, 6.07) is 3.76. The second-order valence-electron chi connectivity index (χ2n) is 6.67. The Labute approximate surface area is 144 Å². The van der Waals surface area contributed by atoms with Gasteiger partial charge in [0.05, 0.1) is 11.8 Å². The zero-order valence-electron chi connectivity index (χ0n) is 14.3. The highest BCUT2D eigenvalue weighted by Gasteiger charge is 2.19. The van der Waals surface area contributed by atoms with Gasteiger partial charge in [-0.2, -0.15) is 5.10 Å². The summed E-state index contributed by atoms with van der Waals surface area (Å²) in [5.41, 5.74) is 1.70. The van der Waals surface area contributed by atoms with Crippen molar-refractivity contribution in [2.45, 2.75) is 58.0 Å². The molecular formula is C18H22N4O3. The third kappa shape index (κ3) is 2.83. The van der Waals surface area contributed by atoms with Crippen molar-refractivity contribution in [3.05, 3.63) is 34.6 Å². The molecule has 1 amide bonds. The Morgan fingerprint density at radius 1 is 1.32 bits per heavy atom. The molecule has 25 heavy (non-hydrogen) atoms. The molecule has 1 saturated carbocycles. The number of carbonyl (C=O) groups excluding carboxylic acids is 1. The van der Waals surface area contributed by atoms with Gasteiger partial charge in [0.1, 0.15) is 17.9 Å². The van der Waals surface area contributed by atoms with Gasteiger partial charge in [-0.1, -0.05) is 26.2 Å². The summed E-state index contributed by atoms with van der Waals surface area (Å²) in [6.07, 6.45) is 7.82. The first-order chi connectivity index (χ1) is 12.2. The van der Waals surface area contributed by atoms with E-state index in [-0.39, 0.29) is 24.1 Å². The Morgan fingerprint density at radius 3 is 2.88 bits per heavy atom. The van der Waals surface area contributed by atoms with Crippen LogP contribution >= 0.6 is 0 Å². The van der Waals surface area contributed by atoms with Crippen LogP contribution in [0.1, 0.15) is 44.9 Å². The fourth-order valence-electron chi connectivity index (χ4n) is 3.71. The molecule has 1 aliphatic carbocycles. The Bertz CT molecular complexity index is 975. The van der Waals surface area contributed by atoms with Crippen LogP contribution in [0.2, 0.25) is 0 Å². The van der Waals surface area contributed by atoms with Gasteiger partial charge in [0.2, 0.25) is 5.91 Å². The highest BCUT2D eigenvalue weighted by molar-refractivity contribution is 5.82. The van der Waals surface area contributed by atoms with Gasteiger partial charge >= 0.3 is 0 Å². The number of fused-ring (bicyclic) bond motifs is 3. The fourth-order valence-corrected chi connectivity index (χ4v) is 3.71. The summed E-state index contributed by atoms with van der Waals surface area (Å²) < 4.78 is 8.49. The van der Waals surface area contributed by atoms with Crippen LogP contribution in [0.5, 0.6) is 0 Å². The van der Waals surface area contributed by atoms with Gasteiger partial charge in [0.25, 0.3) is 5.56 Å². The van der Waals surface area contributed by atoms with Gasteiger partial charge in [0, 0.05) is 24.6 Å². The van der Waals surface area contributed by atoms with Crippen LogP contribution in [-0.4, -0.2) is 26.1 Å². The minimum atomic E-state index is -0.276. The number of furan rings is 1. The maximum atomic E-state index is 12.7. The van der Waals surface area contributed by atoms with E-state index in [0.29, 0.717) is 17.5 Å². The van der Waals surface area contributed by atoms with Gasteiger partial charge in [-0.15, -0.1) is 0 Å². The summed E-state index contributed by atoms with van der Waals surface area (Å²) in [6.45, 7) is 1.93. The maximum Gasteiger partial charge on any atom is 0.291 e. The number of aryl methyl sites for hydroxylation is 1. The van der Waals surface area contributed by atoms with Crippen molar-refractivity contribution in [2.75, 3.05) is 0 Å². The van der Waals surface area contributed by atoms with E-state index in [9.17, 15) is 9.59 Å². The lowest BCUT2D eigenvalue weighted by molar-refractivity contribution is -0.122. The average molecular weight is 342 g/mol. The minimum absolute atomic E-state index is 0.0502. The van der Waals surface area contributed by atoms with E-state index in [4.69, 9.17) is 4.42 Å². The average Bonchev–Trinajstić information content (AvgIpc) is 3.20. The van der Waals surface area contributed by atoms with Crippen LogP contribution in [0, 0.1) is 0 Å². The van der Waals surface area contributed by atoms with Crippen LogP contribution < -0.4 is 10.9 Å². The number of hydrogen-bond donors (Lipinski definition) is 1. The lowest BCUT2D eigenvalue weighted by Crippen LogP contribution is -2.41. The number of hydrogen-bond acceptors (Lipinski definition) is 4. The Balaban J connectivity index is 1.66. The summed E-state index contributed by atoms with van der Waals surface area (Å²) in [5, 5.41) is 7.46. The molecule has 0 aliphatic heterocycles. The van der Waals surface area contributed by atoms with E-state index >= 15 is 0 Å². The summed E-state index contributed by atoms with van der Waals surface area (Å²) in [7, 11) is 0. The van der Waals surface area contributed by atoms with Crippen molar-refractivity contribution in [3.8, 4) is 0 Å². The van der Waals surface area contributed by atoms with Crippen LogP contribution in [0.25, 0.3) is 16.6 Å². The van der Waals surface area contributed by atoms with Gasteiger partial charge in [-0.05, 0) is 12.8 Å². The Morgan fingerprint density at radius 2 is 2.12 bits per heavy atom. The van der Waals surface area contributed by atoms with Gasteiger partial charge < -0.3 is 9.73 Å². The van der Waals surface area contributed by atoms with E-state index in [1.807, 2.05) is 17.4 Å². The molecule has 0 spiro atoms. The third-order valence-electron chi connectivity index (χ3n) is 4.95. The van der Waals surface area contributed by atoms with Gasteiger partial charge in [0.15, 0.2) is 5.58 Å². The van der Waals surface area contributed by atoms with E-state index in [2.05, 4.69) is 10.4 Å². The lowest BCUT2D eigenvalue weighted by Gasteiger charge is -2.22. The third-order valence-corrected chi connectivity index (χ3v) is 4.95. The molecule has 3 aromatic heterocycles. The number of nitrogens with one attached hydrogen (secondary N) is 1. The first kappa shape index (κ1) is 15.9. The number of amides is 1. The molecule has 7 nitrogen and oxygen atoms in total. The lowest BCUT2D eigenvalue weighted by atomic mass is 9.95. The minimum Gasteiger partial charge on any atom is -0.463 e. The van der Waals surface area contributed by atoms with Gasteiger partial charge in [-0.25, -0.2) is 4.68 Å². The normalized spacial score (nSPS) is 15.9. The van der Waals surface area contributed by atoms with Crippen LogP contribution in [0.3, 0.4) is 0 Å². The molecule has 0 bridgehead atoms. The first-order valence-corrected chi connectivity index (χ1v) is 8.95. The predicted octanol–water partition coefficient (Wildman–Crippen LogP) is 2.25. The smallest absolute Gasteiger partial charge is 0.291 e. The van der Waals surface area contributed by atoms with E-state index < -0.39 is 0 Å². The highest BCUT2D eigenvalue weighted by Crippen LogP contribution is 2.20. The SMILES string of the molecule is CCc1nn(CC(=O)NC2CCCCC2)c(=O)c2cc3occc3n12. The highest BCUT2D eigenvalue weighted by atomic mass is 16.3. The number of aromatic nitrogens is 3. The number of nitrogens with zero attached hydrogens (tertiary/aromatic N) is 3. The fraction of sp³-hybridized carbons (Fsp3) is 0.500. The zero-order chi connectivity index (χ0) is 17.4. The van der Waals surface area contributed by atoms with Crippen molar-refractivity contribution in [2.24, 2.45) is 0 Å². The van der Waals surface area contributed by atoms with Crippen molar-refractivity contribution >= 4 is 22.5 Å². The van der Waals surface area contributed by atoms with E-state index in [0.717, 1.165) is 37.0 Å². The molecule has 0 saturated heterocycles. The molecule has 132 valence electrons. The topological polar surface area (TPSA) is 81.5 Å². The second-order valence-corrected chi connectivity index (χ2v) is 6.67. The monoisotopic (exact) mass is 342 g/mol. The zero-order valence-corrected chi connectivity index (χ0v) is 14.3. The molecule has 3 heterocycles. The van der Waals surface area contributed by atoms with Crippen molar-refractivity contribution in [1.82, 2.24) is 19.5 Å². The number of rotatable bonds is 4. The largest absolute Gasteiger partial charge is 0.463 e. The standard InChI is InChI=1S/C18H22N4O3/c1-2-16-20-21(11-17(23)19-12-6-4-3-5-7-12)18(24)14-10-15-13(22(14)16)8-9-25-15/h8-10,12H,2-7,11H2,1H3,(H,19,23). The molecule has 1 N–H and O–H groups in total. The van der Waals surface area contributed by atoms with Gasteiger partial charge in [-0.3, -0.25) is 14.0 Å². The molecule has 1 fully saturated rings. The summed E-state index contributed by atoms with van der Waals surface area (Å²) in [5.74, 6) is 0.583. The van der Waals surface area contributed by atoms with Crippen LogP contribution in [-0.2, 0) is 17.8 Å². The molecule has 0 aromatic carbocycles. The van der Waals surface area contributed by atoms with E-state index in [1.165, 1.54) is 11.1 Å². The molecule has 4 rings (SSSR count). The number of carbonyl (C=O) groups is 1. The van der Waals surface area contributed by atoms with Crippen molar-refractivity contribution < 1.29 is 9.21 Å². The second kappa shape index (κ2) is 6.38. The summed E-state index contributed by atoms with van der Waals surface area (Å²) in [4.78, 5) is 25.1. The molecule has 7 heteroatoms.